The Hall–Kier alpha value is -1.43. The fourth-order valence-electron chi connectivity index (χ4n) is 2.71. The molecule has 1 aliphatic heterocycles. The van der Waals surface area contributed by atoms with Crippen molar-refractivity contribution in [2.24, 2.45) is 5.92 Å². The Balaban J connectivity index is 1.37. The van der Waals surface area contributed by atoms with Gasteiger partial charge in [0.1, 0.15) is 12.1 Å². The molecule has 104 valence electrons. The van der Waals surface area contributed by atoms with Crippen molar-refractivity contribution in [2.75, 3.05) is 18.0 Å². The van der Waals surface area contributed by atoms with E-state index < -0.39 is 0 Å². The number of hydrogen-bond acceptors (Lipinski definition) is 4. The van der Waals surface area contributed by atoms with Crippen LogP contribution in [0.3, 0.4) is 0 Å². The third kappa shape index (κ3) is 2.44. The molecule has 6 heteroatoms. The van der Waals surface area contributed by atoms with Crippen LogP contribution in [0.1, 0.15) is 24.5 Å². The van der Waals surface area contributed by atoms with E-state index in [0.717, 1.165) is 29.9 Å². The van der Waals surface area contributed by atoms with Crippen molar-refractivity contribution in [2.45, 2.75) is 25.3 Å². The first-order valence-electron chi connectivity index (χ1n) is 7.03. The van der Waals surface area contributed by atoms with Crippen molar-refractivity contribution in [1.82, 2.24) is 19.7 Å². The second kappa shape index (κ2) is 4.84. The monoisotopic (exact) mass is 333 g/mol. The molecule has 20 heavy (non-hydrogen) atoms. The minimum absolute atomic E-state index is 0.654. The maximum absolute atomic E-state index is 4.40. The van der Waals surface area contributed by atoms with E-state index in [-0.39, 0.29) is 0 Å². The van der Waals surface area contributed by atoms with Crippen LogP contribution in [0.5, 0.6) is 0 Å². The summed E-state index contributed by atoms with van der Waals surface area (Å²) in [5, 5.41) is 4.31. The molecule has 2 aromatic heterocycles. The molecule has 2 aromatic rings. The molecule has 0 aromatic carbocycles. The second-order valence-electron chi connectivity index (χ2n) is 5.73. The van der Waals surface area contributed by atoms with E-state index in [1.807, 2.05) is 17.1 Å². The lowest BCUT2D eigenvalue weighted by molar-refractivity contribution is 0.340. The predicted octanol–water partition coefficient (Wildman–Crippen LogP) is 2.45. The third-order valence-corrected chi connectivity index (χ3v) is 4.41. The van der Waals surface area contributed by atoms with Gasteiger partial charge in [0.05, 0.1) is 10.7 Å². The molecule has 0 unspecified atom stereocenters. The fourth-order valence-corrected chi connectivity index (χ4v) is 3.04. The Bertz CT molecular complexity index is 616. The van der Waals surface area contributed by atoms with E-state index in [1.54, 1.807) is 6.33 Å². The molecule has 5 nitrogen and oxygen atoms in total. The quantitative estimate of drug-likeness (QED) is 0.862. The first kappa shape index (κ1) is 12.3. The second-order valence-corrected chi connectivity index (χ2v) is 6.64. The molecule has 0 N–H and O–H groups in total. The highest BCUT2D eigenvalue weighted by atomic mass is 79.9. The lowest BCUT2D eigenvalue weighted by Gasteiger charge is -2.40. The van der Waals surface area contributed by atoms with Crippen LogP contribution >= 0.6 is 15.9 Å². The minimum atomic E-state index is 0.654. The smallest absolute Gasteiger partial charge is 0.132 e. The normalized spacial score (nSPS) is 19.1. The zero-order valence-electron chi connectivity index (χ0n) is 11.1. The molecule has 2 aliphatic rings. The number of anilines is 1. The van der Waals surface area contributed by atoms with Gasteiger partial charge in [0.15, 0.2) is 0 Å². The van der Waals surface area contributed by atoms with Crippen molar-refractivity contribution in [1.29, 1.82) is 0 Å². The summed E-state index contributed by atoms with van der Waals surface area (Å²) in [6.07, 6.45) is 8.14. The highest BCUT2D eigenvalue weighted by Gasteiger charge is 2.30. The molecule has 3 heterocycles. The van der Waals surface area contributed by atoms with E-state index in [0.29, 0.717) is 11.8 Å². The molecule has 0 amide bonds. The van der Waals surface area contributed by atoms with Crippen molar-refractivity contribution in [3.63, 3.8) is 0 Å². The van der Waals surface area contributed by atoms with E-state index >= 15 is 0 Å². The van der Waals surface area contributed by atoms with Crippen LogP contribution in [0.2, 0.25) is 0 Å². The van der Waals surface area contributed by atoms with Gasteiger partial charge in [-0.25, -0.2) is 9.97 Å². The molecule has 0 radical (unpaired) electrons. The summed E-state index contributed by atoms with van der Waals surface area (Å²) in [6.45, 7) is 3.08. The molecule has 2 fully saturated rings. The van der Waals surface area contributed by atoms with Gasteiger partial charge in [0.25, 0.3) is 0 Å². The highest BCUT2D eigenvalue weighted by molar-refractivity contribution is 9.10. The van der Waals surface area contributed by atoms with Gasteiger partial charge < -0.3 is 4.90 Å². The summed E-state index contributed by atoms with van der Waals surface area (Å²) in [5.41, 5.74) is 1.22. The number of hydrogen-bond donors (Lipinski definition) is 0. The number of aromatic nitrogens is 4. The van der Waals surface area contributed by atoms with Crippen molar-refractivity contribution < 1.29 is 0 Å². The summed E-state index contributed by atoms with van der Waals surface area (Å²) in [7, 11) is 0. The fraction of sp³-hybridized carbons (Fsp3) is 0.500. The Morgan fingerprint density at radius 3 is 2.80 bits per heavy atom. The van der Waals surface area contributed by atoms with Gasteiger partial charge in [-0.05, 0) is 28.8 Å². The van der Waals surface area contributed by atoms with Crippen LogP contribution in [-0.2, 0) is 6.54 Å². The van der Waals surface area contributed by atoms with E-state index in [9.17, 15) is 0 Å². The van der Waals surface area contributed by atoms with E-state index in [1.165, 1.54) is 18.5 Å². The molecule has 4 rings (SSSR count). The van der Waals surface area contributed by atoms with Crippen LogP contribution in [0, 0.1) is 5.92 Å². The van der Waals surface area contributed by atoms with Gasteiger partial charge >= 0.3 is 0 Å². The molecule has 0 spiro atoms. The highest BCUT2D eigenvalue weighted by Crippen LogP contribution is 2.39. The van der Waals surface area contributed by atoms with Gasteiger partial charge in [-0.1, -0.05) is 0 Å². The first-order chi connectivity index (χ1) is 9.78. The van der Waals surface area contributed by atoms with Crippen LogP contribution < -0.4 is 4.90 Å². The average molecular weight is 334 g/mol. The zero-order chi connectivity index (χ0) is 13.5. The standard InChI is InChI=1S/C14H16BrN5/c15-12-4-18-20(8-12)7-10-5-19(6-10)14-3-13(11-1-2-11)16-9-17-14/h3-4,8-11H,1-2,5-7H2. The summed E-state index contributed by atoms with van der Waals surface area (Å²) in [6, 6.07) is 2.17. The number of halogens is 1. The number of rotatable bonds is 4. The lowest BCUT2D eigenvalue weighted by Crippen LogP contribution is -2.49. The molecule has 1 saturated heterocycles. The van der Waals surface area contributed by atoms with Crippen molar-refractivity contribution >= 4 is 21.7 Å². The van der Waals surface area contributed by atoms with Gasteiger partial charge in [0.2, 0.25) is 0 Å². The molecule has 0 atom stereocenters. The Kier molecular flexibility index (Phi) is 2.98. The minimum Gasteiger partial charge on any atom is -0.356 e. The lowest BCUT2D eigenvalue weighted by atomic mass is 10.0. The summed E-state index contributed by atoms with van der Waals surface area (Å²) < 4.78 is 3.04. The third-order valence-electron chi connectivity index (χ3n) is 4.00. The number of nitrogens with zero attached hydrogens (tertiary/aromatic N) is 5. The van der Waals surface area contributed by atoms with E-state index in [2.05, 4.69) is 42.0 Å². The Morgan fingerprint density at radius 2 is 2.10 bits per heavy atom. The largest absolute Gasteiger partial charge is 0.356 e. The van der Waals surface area contributed by atoms with Crippen LogP contribution in [0.4, 0.5) is 5.82 Å². The van der Waals surface area contributed by atoms with Gasteiger partial charge in [-0.2, -0.15) is 5.10 Å². The van der Waals surface area contributed by atoms with Gasteiger partial charge in [0, 0.05) is 49.4 Å². The molecular weight excluding hydrogens is 318 g/mol. The van der Waals surface area contributed by atoms with Crippen LogP contribution in [0.15, 0.2) is 29.3 Å². The predicted molar refractivity (Wildman–Crippen MR) is 79.6 cm³/mol. The molecule has 1 saturated carbocycles. The van der Waals surface area contributed by atoms with Gasteiger partial charge in [-0.15, -0.1) is 0 Å². The molecule has 1 aliphatic carbocycles. The summed E-state index contributed by atoms with van der Waals surface area (Å²) in [4.78, 5) is 11.1. The van der Waals surface area contributed by atoms with Crippen LogP contribution in [0.25, 0.3) is 0 Å². The van der Waals surface area contributed by atoms with Crippen molar-refractivity contribution in [3.05, 3.63) is 35.0 Å². The zero-order valence-corrected chi connectivity index (χ0v) is 12.7. The summed E-state index contributed by atoms with van der Waals surface area (Å²) >= 11 is 3.43. The Labute approximate surface area is 126 Å². The summed E-state index contributed by atoms with van der Waals surface area (Å²) in [5.74, 6) is 2.43. The molecular formula is C14H16BrN5. The maximum Gasteiger partial charge on any atom is 0.132 e. The SMILES string of the molecule is Brc1cnn(CC2CN(c3cc(C4CC4)ncn3)C2)c1. The van der Waals surface area contributed by atoms with Crippen molar-refractivity contribution in [3.8, 4) is 0 Å². The van der Waals surface area contributed by atoms with Crippen LogP contribution in [-0.4, -0.2) is 32.8 Å². The Morgan fingerprint density at radius 1 is 1.25 bits per heavy atom. The topological polar surface area (TPSA) is 46.8 Å². The molecule has 0 bridgehead atoms. The van der Waals surface area contributed by atoms with Gasteiger partial charge in [-0.3, -0.25) is 4.68 Å². The first-order valence-corrected chi connectivity index (χ1v) is 7.82. The van der Waals surface area contributed by atoms with E-state index in [4.69, 9.17) is 0 Å². The average Bonchev–Trinajstić information content (AvgIpc) is 3.18. The maximum atomic E-state index is 4.40.